The first-order valence-corrected chi connectivity index (χ1v) is 10.5. The van der Waals surface area contributed by atoms with Gasteiger partial charge in [0.15, 0.2) is 5.76 Å². The SMILES string of the molecule is COC(=O)C[C@@H](c1cccc(O)c1)c1oc(CN2CCc3ccccc3C2)cc(=O)c1O. The zero-order chi connectivity index (χ0) is 22.7. The van der Waals surface area contributed by atoms with Gasteiger partial charge in [-0.3, -0.25) is 14.5 Å². The highest BCUT2D eigenvalue weighted by Crippen LogP contribution is 2.35. The predicted octanol–water partition coefficient (Wildman–Crippen LogP) is 3.30. The molecule has 0 aliphatic carbocycles. The number of hydrogen-bond acceptors (Lipinski definition) is 7. The first-order valence-electron chi connectivity index (χ1n) is 10.5. The third-order valence-electron chi connectivity index (χ3n) is 5.78. The molecular weight excluding hydrogens is 410 g/mol. The lowest BCUT2D eigenvalue weighted by atomic mass is 9.92. The molecule has 7 heteroatoms. The Kier molecular flexibility index (Phi) is 6.28. The Balaban J connectivity index is 1.67. The number of methoxy groups -OCH3 is 1. The normalized spacial score (nSPS) is 14.5. The Hall–Kier alpha value is -3.58. The van der Waals surface area contributed by atoms with Crippen LogP contribution in [0.1, 0.15) is 40.5 Å². The van der Waals surface area contributed by atoms with Gasteiger partial charge in [0.05, 0.1) is 26.0 Å². The van der Waals surface area contributed by atoms with Crippen LogP contribution < -0.4 is 5.43 Å². The standard InChI is InChI=1S/C25H25NO6/c1-31-23(29)13-21(17-7-4-8-19(27)11-17)25-24(30)22(28)12-20(32-25)15-26-10-9-16-5-2-3-6-18(16)14-26/h2-8,11-12,21,27,30H,9-10,13-15H2,1H3/t21-/m0/s1. The number of aromatic hydroxyl groups is 2. The highest BCUT2D eigenvalue weighted by molar-refractivity contribution is 5.71. The summed E-state index contributed by atoms with van der Waals surface area (Å²) in [6.07, 6.45) is 0.747. The van der Waals surface area contributed by atoms with Crippen LogP contribution in [-0.4, -0.2) is 34.7 Å². The second kappa shape index (κ2) is 9.28. The molecule has 0 unspecified atom stereocenters. The number of phenolic OH excluding ortho intramolecular Hbond substituents is 1. The summed E-state index contributed by atoms with van der Waals surface area (Å²) < 4.78 is 10.8. The molecule has 32 heavy (non-hydrogen) atoms. The average molecular weight is 435 g/mol. The highest BCUT2D eigenvalue weighted by Gasteiger charge is 2.27. The highest BCUT2D eigenvalue weighted by atomic mass is 16.5. The van der Waals surface area contributed by atoms with Gasteiger partial charge >= 0.3 is 5.97 Å². The molecule has 0 radical (unpaired) electrons. The number of nitrogens with zero attached hydrogens (tertiary/aromatic N) is 1. The molecule has 2 aromatic carbocycles. The fraction of sp³-hybridized carbons (Fsp3) is 0.280. The van der Waals surface area contributed by atoms with Crippen molar-refractivity contribution in [2.24, 2.45) is 0 Å². The van der Waals surface area contributed by atoms with E-state index in [1.165, 1.54) is 36.4 Å². The molecule has 0 saturated carbocycles. The first-order chi connectivity index (χ1) is 15.4. The molecule has 0 fully saturated rings. The molecule has 2 N–H and O–H groups in total. The van der Waals surface area contributed by atoms with E-state index < -0.39 is 23.1 Å². The number of rotatable bonds is 6. The van der Waals surface area contributed by atoms with Gasteiger partial charge < -0.3 is 19.4 Å². The number of carbonyl (C=O) groups excluding carboxylic acids is 1. The maximum absolute atomic E-state index is 12.6. The van der Waals surface area contributed by atoms with E-state index in [9.17, 15) is 19.8 Å². The summed E-state index contributed by atoms with van der Waals surface area (Å²) in [5.41, 5.74) is 2.51. The Labute approximate surface area is 185 Å². The van der Waals surface area contributed by atoms with Crippen molar-refractivity contribution in [3.8, 4) is 11.5 Å². The van der Waals surface area contributed by atoms with Crippen molar-refractivity contribution in [2.75, 3.05) is 13.7 Å². The number of fused-ring (bicyclic) bond motifs is 1. The van der Waals surface area contributed by atoms with Gasteiger partial charge in [0.1, 0.15) is 11.5 Å². The van der Waals surface area contributed by atoms with E-state index in [-0.39, 0.29) is 17.9 Å². The van der Waals surface area contributed by atoms with Crippen molar-refractivity contribution in [1.82, 2.24) is 4.90 Å². The van der Waals surface area contributed by atoms with E-state index in [2.05, 4.69) is 17.0 Å². The average Bonchev–Trinajstić information content (AvgIpc) is 2.79. The van der Waals surface area contributed by atoms with E-state index >= 15 is 0 Å². The Bertz CT molecular complexity index is 1190. The van der Waals surface area contributed by atoms with Crippen LogP contribution in [0.25, 0.3) is 0 Å². The largest absolute Gasteiger partial charge is 0.508 e. The quantitative estimate of drug-likeness (QED) is 0.573. The molecular formula is C25H25NO6. The van der Waals surface area contributed by atoms with Crippen LogP contribution in [0, 0.1) is 0 Å². The van der Waals surface area contributed by atoms with Crippen LogP contribution in [0.2, 0.25) is 0 Å². The Morgan fingerprint density at radius 1 is 1.12 bits per heavy atom. The van der Waals surface area contributed by atoms with Crippen molar-refractivity contribution < 1.29 is 24.2 Å². The lowest BCUT2D eigenvalue weighted by Gasteiger charge is -2.28. The van der Waals surface area contributed by atoms with Crippen LogP contribution >= 0.6 is 0 Å². The maximum Gasteiger partial charge on any atom is 0.306 e. The summed E-state index contributed by atoms with van der Waals surface area (Å²) in [5, 5.41) is 20.4. The fourth-order valence-electron chi connectivity index (χ4n) is 4.13. The van der Waals surface area contributed by atoms with E-state index in [1.54, 1.807) is 12.1 Å². The molecule has 1 aliphatic rings. The summed E-state index contributed by atoms with van der Waals surface area (Å²) in [4.78, 5) is 26.8. The van der Waals surface area contributed by atoms with Crippen molar-refractivity contribution in [2.45, 2.75) is 31.8 Å². The molecule has 0 amide bonds. The van der Waals surface area contributed by atoms with E-state index in [1.807, 2.05) is 12.1 Å². The molecule has 166 valence electrons. The minimum Gasteiger partial charge on any atom is -0.508 e. The number of ether oxygens (including phenoxy) is 1. The zero-order valence-electron chi connectivity index (χ0n) is 17.8. The predicted molar refractivity (Wildman–Crippen MR) is 117 cm³/mol. The number of hydrogen-bond donors (Lipinski definition) is 2. The van der Waals surface area contributed by atoms with Crippen LogP contribution in [0.3, 0.4) is 0 Å². The summed E-state index contributed by atoms with van der Waals surface area (Å²) >= 11 is 0. The van der Waals surface area contributed by atoms with Crippen molar-refractivity contribution in [3.63, 3.8) is 0 Å². The minimum absolute atomic E-state index is 0.00217. The molecule has 1 aromatic heterocycles. The third-order valence-corrected chi connectivity index (χ3v) is 5.78. The lowest BCUT2D eigenvalue weighted by Crippen LogP contribution is -2.30. The van der Waals surface area contributed by atoms with Crippen LogP contribution in [-0.2, 0) is 29.0 Å². The lowest BCUT2D eigenvalue weighted by molar-refractivity contribution is -0.140. The minimum atomic E-state index is -0.788. The topological polar surface area (TPSA) is 100 Å². The number of esters is 1. The van der Waals surface area contributed by atoms with Crippen molar-refractivity contribution in [3.05, 3.63) is 93.0 Å². The third kappa shape index (κ3) is 4.68. The summed E-state index contributed by atoms with van der Waals surface area (Å²) in [6.45, 7) is 1.94. The number of carbonyl (C=O) groups is 1. The van der Waals surface area contributed by atoms with Crippen LogP contribution in [0.4, 0.5) is 0 Å². The molecule has 0 saturated heterocycles. The second-order valence-electron chi connectivity index (χ2n) is 7.95. The van der Waals surface area contributed by atoms with Gasteiger partial charge in [-0.1, -0.05) is 36.4 Å². The van der Waals surface area contributed by atoms with E-state index in [0.29, 0.717) is 17.9 Å². The molecule has 7 nitrogen and oxygen atoms in total. The molecule has 2 heterocycles. The molecule has 1 aliphatic heterocycles. The van der Waals surface area contributed by atoms with Gasteiger partial charge in [-0.2, -0.15) is 0 Å². The molecule has 1 atom stereocenters. The van der Waals surface area contributed by atoms with Gasteiger partial charge in [0.2, 0.25) is 11.2 Å². The van der Waals surface area contributed by atoms with E-state index in [0.717, 1.165) is 19.5 Å². The summed E-state index contributed by atoms with van der Waals surface area (Å²) in [6, 6.07) is 15.8. The first kappa shape index (κ1) is 21.6. The number of benzene rings is 2. The Morgan fingerprint density at radius 2 is 1.91 bits per heavy atom. The monoisotopic (exact) mass is 435 g/mol. The van der Waals surface area contributed by atoms with Gasteiger partial charge in [-0.25, -0.2) is 0 Å². The van der Waals surface area contributed by atoms with Gasteiger partial charge in [-0.05, 0) is 35.2 Å². The van der Waals surface area contributed by atoms with E-state index in [4.69, 9.17) is 9.15 Å². The van der Waals surface area contributed by atoms with Gasteiger partial charge in [-0.15, -0.1) is 0 Å². The zero-order valence-corrected chi connectivity index (χ0v) is 17.8. The number of phenols is 1. The van der Waals surface area contributed by atoms with Gasteiger partial charge in [0, 0.05) is 19.2 Å². The molecule has 0 spiro atoms. The fourth-order valence-corrected chi connectivity index (χ4v) is 4.13. The van der Waals surface area contributed by atoms with Crippen LogP contribution in [0.5, 0.6) is 11.5 Å². The molecule has 4 rings (SSSR count). The molecule has 0 bridgehead atoms. The summed E-state index contributed by atoms with van der Waals surface area (Å²) in [5.74, 6) is -1.47. The Morgan fingerprint density at radius 3 is 2.66 bits per heavy atom. The maximum atomic E-state index is 12.6. The summed E-state index contributed by atoms with van der Waals surface area (Å²) in [7, 11) is 1.27. The molecule has 3 aromatic rings. The van der Waals surface area contributed by atoms with Crippen LogP contribution in [0.15, 0.2) is 63.8 Å². The smallest absolute Gasteiger partial charge is 0.306 e. The second-order valence-corrected chi connectivity index (χ2v) is 7.95. The van der Waals surface area contributed by atoms with Gasteiger partial charge in [0.25, 0.3) is 0 Å². The van der Waals surface area contributed by atoms with Crippen molar-refractivity contribution in [1.29, 1.82) is 0 Å². The van der Waals surface area contributed by atoms with Crippen molar-refractivity contribution >= 4 is 5.97 Å².